The average Bonchev–Trinajstić information content (AvgIpc) is 2.53. The standard InChI is InChI=1S/C15H25N5O/c1-16-11-5-7-12(8-6-11)20(4)14-10-9-13(17-18-14)15(21)19(2)3/h9-12,16H,5-8H2,1-4H3. The van der Waals surface area contributed by atoms with Gasteiger partial charge in [-0.2, -0.15) is 0 Å². The molecule has 0 aliphatic heterocycles. The van der Waals surface area contributed by atoms with Gasteiger partial charge in [0.15, 0.2) is 11.5 Å². The number of carbonyl (C=O) groups is 1. The summed E-state index contributed by atoms with van der Waals surface area (Å²) < 4.78 is 0. The fourth-order valence-electron chi connectivity index (χ4n) is 2.80. The quantitative estimate of drug-likeness (QED) is 0.901. The highest BCUT2D eigenvalue weighted by Gasteiger charge is 2.24. The minimum atomic E-state index is -0.119. The predicted molar refractivity (Wildman–Crippen MR) is 83.6 cm³/mol. The van der Waals surface area contributed by atoms with Crippen LogP contribution in [0.15, 0.2) is 12.1 Å². The molecule has 1 N–H and O–H groups in total. The maximum absolute atomic E-state index is 11.8. The molecule has 0 aromatic carbocycles. The van der Waals surface area contributed by atoms with E-state index in [0.717, 1.165) is 18.7 Å². The number of nitrogens with one attached hydrogen (secondary N) is 1. The lowest BCUT2D eigenvalue weighted by Gasteiger charge is -2.35. The Bertz CT molecular complexity index is 465. The summed E-state index contributed by atoms with van der Waals surface area (Å²) in [6.07, 6.45) is 4.69. The maximum Gasteiger partial charge on any atom is 0.273 e. The minimum absolute atomic E-state index is 0.119. The lowest BCUT2D eigenvalue weighted by Crippen LogP contribution is -2.40. The first-order chi connectivity index (χ1) is 10.0. The van der Waals surface area contributed by atoms with Crippen molar-refractivity contribution in [3.63, 3.8) is 0 Å². The van der Waals surface area contributed by atoms with Crippen LogP contribution in [0, 0.1) is 0 Å². The highest BCUT2D eigenvalue weighted by atomic mass is 16.2. The van der Waals surface area contributed by atoms with Crippen molar-refractivity contribution in [1.82, 2.24) is 20.4 Å². The summed E-state index contributed by atoms with van der Waals surface area (Å²) in [6.45, 7) is 0. The van der Waals surface area contributed by atoms with Crippen molar-refractivity contribution in [2.45, 2.75) is 37.8 Å². The minimum Gasteiger partial charge on any atom is -0.355 e. The Labute approximate surface area is 126 Å². The lowest BCUT2D eigenvalue weighted by molar-refractivity contribution is 0.0821. The second-order valence-electron chi connectivity index (χ2n) is 5.88. The summed E-state index contributed by atoms with van der Waals surface area (Å²) in [5.41, 5.74) is 0.385. The van der Waals surface area contributed by atoms with Crippen LogP contribution in [0.25, 0.3) is 0 Å². The van der Waals surface area contributed by atoms with Gasteiger partial charge in [-0.15, -0.1) is 10.2 Å². The van der Waals surface area contributed by atoms with Crippen LogP contribution < -0.4 is 10.2 Å². The molecule has 21 heavy (non-hydrogen) atoms. The van der Waals surface area contributed by atoms with Gasteiger partial charge in [0.1, 0.15) is 0 Å². The van der Waals surface area contributed by atoms with Gasteiger partial charge in [0.2, 0.25) is 0 Å². The molecule has 0 bridgehead atoms. The first-order valence-electron chi connectivity index (χ1n) is 7.48. The SMILES string of the molecule is CNC1CCC(N(C)c2ccc(C(=O)N(C)C)nn2)CC1. The van der Waals surface area contributed by atoms with E-state index < -0.39 is 0 Å². The number of nitrogens with zero attached hydrogens (tertiary/aromatic N) is 4. The molecule has 0 atom stereocenters. The second-order valence-corrected chi connectivity index (χ2v) is 5.88. The zero-order valence-electron chi connectivity index (χ0n) is 13.3. The molecule has 1 fully saturated rings. The smallest absolute Gasteiger partial charge is 0.273 e. The molecule has 6 nitrogen and oxygen atoms in total. The van der Waals surface area contributed by atoms with E-state index in [1.807, 2.05) is 13.1 Å². The molecule has 1 heterocycles. The molecule has 1 aromatic rings. The van der Waals surface area contributed by atoms with Crippen molar-refractivity contribution in [1.29, 1.82) is 0 Å². The van der Waals surface area contributed by atoms with E-state index in [1.165, 1.54) is 17.7 Å². The summed E-state index contributed by atoms with van der Waals surface area (Å²) in [5.74, 6) is 0.712. The molecule has 0 spiro atoms. The molecule has 116 valence electrons. The van der Waals surface area contributed by atoms with Gasteiger partial charge in [-0.25, -0.2) is 0 Å². The normalized spacial score (nSPS) is 21.9. The van der Waals surface area contributed by atoms with E-state index in [0.29, 0.717) is 17.8 Å². The zero-order valence-corrected chi connectivity index (χ0v) is 13.3. The first kappa shape index (κ1) is 15.7. The van der Waals surface area contributed by atoms with Crippen LogP contribution in [0.2, 0.25) is 0 Å². The molecule has 0 unspecified atom stereocenters. The molecule has 0 saturated heterocycles. The van der Waals surface area contributed by atoms with Gasteiger partial charge in [0, 0.05) is 33.2 Å². The molecule has 1 aliphatic carbocycles. The van der Waals surface area contributed by atoms with Gasteiger partial charge >= 0.3 is 0 Å². The summed E-state index contributed by atoms with van der Waals surface area (Å²) in [5, 5.41) is 11.6. The summed E-state index contributed by atoms with van der Waals surface area (Å²) in [7, 11) is 7.51. The lowest BCUT2D eigenvalue weighted by atomic mass is 9.90. The highest BCUT2D eigenvalue weighted by Crippen LogP contribution is 2.25. The van der Waals surface area contributed by atoms with Crippen LogP contribution in [0.4, 0.5) is 5.82 Å². The molecule has 1 amide bonds. The van der Waals surface area contributed by atoms with Gasteiger partial charge in [0.25, 0.3) is 5.91 Å². The van der Waals surface area contributed by atoms with Gasteiger partial charge in [0.05, 0.1) is 0 Å². The van der Waals surface area contributed by atoms with Crippen LogP contribution in [-0.2, 0) is 0 Å². The third-order valence-corrected chi connectivity index (χ3v) is 4.29. The van der Waals surface area contributed by atoms with E-state index in [1.54, 1.807) is 20.2 Å². The number of hydrogen-bond acceptors (Lipinski definition) is 5. The average molecular weight is 291 g/mol. The Kier molecular flexibility index (Phi) is 5.12. The van der Waals surface area contributed by atoms with Gasteiger partial charge in [-0.1, -0.05) is 0 Å². The van der Waals surface area contributed by atoms with Crippen molar-refractivity contribution in [3.8, 4) is 0 Å². The van der Waals surface area contributed by atoms with E-state index >= 15 is 0 Å². The van der Waals surface area contributed by atoms with Crippen LogP contribution in [0.5, 0.6) is 0 Å². The number of anilines is 1. The van der Waals surface area contributed by atoms with Crippen LogP contribution in [0.1, 0.15) is 36.2 Å². The molecule has 1 aromatic heterocycles. The number of amides is 1. The molecule has 1 aliphatic rings. The van der Waals surface area contributed by atoms with Crippen LogP contribution in [-0.4, -0.2) is 61.3 Å². The van der Waals surface area contributed by atoms with Crippen molar-refractivity contribution >= 4 is 11.7 Å². The molecular weight excluding hydrogens is 266 g/mol. The van der Waals surface area contributed by atoms with Crippen molar-refractivity contribution in [2.75, 3.05) is 33.1 Å². The van der Waals surface area contributed by atoms with Gasteiger partial charge in [-0.05, 0) is 44.9 Å². The fourth-order valence-corrected chi connectivity index (χ4v) is 2.80. The highest BCUT2D eigenvalue weighted by molar-refractivity contribution is 5.91. The molecule has 0 radical (unpaired) electrons. The first-order valence-corrected chi connectivity index (χ1v) is 7.48. The number of hydrogen-bond donors (Lipinski definition) is 1. The van der Waals surface area contributed by atoms with E-state index in [9.17, 15) is 4.79 Å². The summed E-state index contributed by atoms with van der Waals surface area (Å²) >= 11 is 0. The third-order valence-electron chi connectivity index (χ3n) is 4.29. The molecule has 2 rings (SSSR count). The zero-order chi connectivity index (χ0) is 15.4. The Morgan fingerprint density at radius 2 is 1.81 bits per heavy atom. The topological polar surface area (TPSA) is 61.4 Å². The predicted octanol–water partition coefficient (Wildman–Crippen LogP) is 1.15. The van der Waals surface area contributed by atoms with Crippen LogP contribution >= 0.6 is 0 Å². The monoisotopic (exact) mass is 291 g/mol. The van der Waals surface area contributed by atoms with Gasteiger partial charge < -0.3 is 15.1 Å². The Morgan fingerprint density at radius 1 is 1.14 bits per heavy atom. The number of aromatic nitrogens is 2. The van der Waals surface area contributed by atoms with Crippen LogP contribution in [0.3, 0.4) is 0 Å². The molecule has 6 heteroatoms. The summed E-state index contributed by atoms with van der Waals surface area (Å²) in [4.78, 5) is 15.5. The molecular formula is C15H25N5O. The van der Waals surface area contributed by atoms with Crippen molar-refractivity contribution in [3.05, 3.63) is 17.8 Å². The Hall–Kier alpha value is -1.69. The fraction of sp³-hybridized carbons (Fsp3) is 0.667. The van der Waals surface area contributed by atoms with Crippen molar-refractivity contribution < 1.29 is 4.79 Å². The summed E-state index contributed by atoms with van der Waals surface area (Å²) in [6, 6.07) is 4.77. The van der Waals surface area contributed by atoms with Crippen molar-refractivity contribution in [2.24, 2.45) is 0 Å². The Balaban J connectivity index is 2.00. The Morgan fingerprint density at radius 3 is 2.29 bits per heavy atom. The molecule has 1 saturated carbocycles. The second kappa shape index (κ2) is 6.85. The van der Waals surface area contributed by atoms with E-state index in [4.69, 9.17) is 0 Å². The largest absolute Gasteiger partial charge is 0.355 e. The van der Waals surface area contributed by atoms with E-state index in [-0.39, 0.29) is 5.91 Å². The number of rotatable bonds is 4. The third kappa shape index (κ3) is 3.69. The maximum atomic E-state index is 11.8. The number of carbonyl (C=O) groups excluding carboxylic acids is 1. The van der Waals surface area contributed by atoms with E-state index in [2.05, 4.69) is 27.5 Å². The van der Waals surface area contributed by atoms with Gasteiger partial charge in [-0.3, -0.25) is 4.79 Å².